The molecule has 0 unspecified atom stereocenters. The van der Waals surface area contributed by atoms with Gasteiger partial charge in [-0.2, -0.15) is 5.11 Å². The first kappa shape index (κ1) is 13.2. The Morgan fingerprint density at radius 3 is 2.42 bits per heavy atom. The summed E-state index contributed by atoms with van der Waals surface area (Å²) >= 11 is 0. The SMILES string of the molecule is O=C(O)/C(N=NC1CC1)=C(\O)Cc1ccc(F)cc1. The molecule has 5 nitrogen and oxygen atoms in total. The highest BCUT2D eigenvalue weighted by Gasteiger charge is 2.22. The first-order valence-corrected chi connectivity index (χ1v) is 5.87. The molecule has 1 aliphatic rings. The number of carboxylic acid groups (broad SMARTS) is 1. The number of carboxylic acids is 1. The number of benzene rings is 1. The number of halogens is 1. The number of aliphatic carboxylic acids is 1. The number of aliphatic hydroxyl groups excluding tert-OH is 1. The summed E-state index contributed by atoms with van der Waals surface area (Å²) in [4.78, 5) is 11.0. The number of allylic oxidation sites excluding steroid dienone is 1. The monoisotopic (exact) mass is 264 g/mol. The van der Waals surface area contributed by atoms with E-state index in [9.17, 15) is 14.3 Å². The van der Waals surface area contributed by atoms with Crippen molar-refractivity contribution < 1.29 is 19.4 Å². The van der Waals surface area contributed by atoms with E-state index in [0.717, 1.165) is 12.8 Å². The molecule has 100 valence electrons. The van der Waals surface area contributed by atoms with Gasteiger partial charge in [0.05, 0.1) is 6.04 Å². The molecular weight excluding hydrogens is 251 g/mol. The largest absolute Gasteiger partial charge is 0.509 e. The van der Waals surface area contributed by atoms with Gasteiger partial charge in [-0.1, -0.05) is 12.1 Å². The number of hydrogen-bond donors (Lipinski definition) is 2. The van der Waals surface area contributed by atoms with Gasteiger partial charge in [0, 0.05) is 6.42 Å². The van der Waals surface area contributed by atoms with Crippen molar-refractivity contribution >= 4 is 5.97 Å². The van der Waals surface area contributed by atoms with Crippen molar-refractivity contribution in [2.75, 3.05) is 0 Å². The maximum absolute atomic E-state index is 12.7. The fraction of sp³-hybridized carbons (Fsp3) is 0.308. The van der Waals surface area contributed by atoms with Gasteiger partial charge < -0.3 is 10.2 Å². The van der Waals surface area contributed by atoms with Crippen LogP contribution in [0.4, 0.5) is 4.39 Å². The molecule has 0 saturated heterocycles. The van der Waals surface area contributed by atoms with Gasteiger partial charge >= 0.3 is 5.97 Å². The molecule has 1 fully saturated rings. The second-order valence-electron chi connectivity index (χ2n) is 4.35. The lowest BCUT2D eigenvalue weighted by atomic mass is 10.1. The highest BCUT2D eigenvalue weighted by Crippen LogP contribution is 2.25. The van der Waals surface area contributed by atoms with Gasteiger partial charge in [-0.15, -0.1) is 5.11 Å². The molecule has 19 heavy (non-hydrogen) atoms. The van der Waals surface area contributed by atoms with E-state index in [-0.39, 0.29) is 24.0 Å². The Hall–Kier alpha value is -2.24. The van der Waals surface area contributed by atoms with Gasteiger partial charge in [0.15, 0.2) is 0 Å². The molecule has 0 heterocycles. The van der Waals surface area contributed by atoms with Crippen LogP contribution in [-0.2, 0) is 11.2 Å². The van der Waals surface area contributed by atoms with E-state index in [1.165, 1.54) is 24.3 Å². The van der Waals surface area contributed by atoms with E-state index in [1.54, 1.807) is 0 Å². The summed E-state index contributed by atoms with van der Waals surface area (Å²) in [5, 5.41) is 26.1. The fourth-order valence-corrected chi connectivity index (χ4v) is 1.43. The summed E-state index contributed by atoms with van der Waals surface area (Å²) in [6, 6.07) is 5.52. The minimum Gasteiger partial charge on any atom is -0.509 e. The van der Waals surface area contributed by atoms with Gasteiger partial charge in [0.1, 0.15) is 11.6 Å². The fourth-order valence-electron chi connectivity index (χ4n) is 1.43. The van der Waals surface area contributed by atoms with Crippen molar-refractivity contribution in [2.45, 2.75) is 25.3 Å². The number of aliphatic hydroxyl groups is 1. The second kappa shape index (κ2) is 5.60. The predicted molar refractivity (Wildman–Crippen MR) is 65.3 cm³/mol. The van der Waals surface area contributed by atoms with E-state index in [1.807, 2.05) is 0 Å². The number of rotatable bonds is 5. The summed E-state index contributed by atoms with van der Waals surface area (Å²) < 4.78 is 12.7. The van der Waals surface area contributed by atoms with Crippen molar-refractivity contribution in [3.63, 3.8) is 0 Å². The van der Waals surface area contributed by atoms with Crippen LogP contribution < -0.4 is 0 Å². The maximum Gasteiger partial charge on any atom is 0.359 e. The zero-order chi connectivity index (χ0) is 13.8. The van der Waals surface area contributed by atoms with Crippen molar-refractivity contribution in [3.05, 3.63) is 47.1 Å². The zero-order valence-corrected chi connectivity index (χ0v) is 10.1. The molecule has 1 aromatic carbocycles. The quantitative estimate of drug-likeness (QED) is 0.487. The Balaban J connectivity index is 2.15. The van der Waals surface area contributed by atoms with Crippen LogP contribution in [0.25, 0.3) is 0 Å². The topological polar surface area (TPSA) is 82.2 Å². The summed E-state index contributed by atoms with van der Waals surface area (Å²) in [5.74, 6) is -2.10. The third-order valence-electron chi connectivity index (χ3n) is 2.63. The maximum atomic E-state index is 12.7. The third-order valence-corrected chi connectivity index (χ3v) is 2.63. The van der Waals surface area contributed by atoms with Crippen molar-refractivity contribution in [1.29, 1.82) is 0 Å². The number of hydrogen-bond acceptors (Lipinski definition) is 4. The zero-order valence-electron chi connectivity index (χ0n) is 10.1. The molecule has 0 bridgehead atoms. The van der Waals surface area contributed by atoms with E-state index < -0.39 is 11.7 Å². The Bertz CT molecular complexity index is 533. The van der Waals surface area contributed by atoms with Gasteiger partial charge in [0.25, 0.3) is 0 Å². The average molecular weight is 264 g/mol. The molecule has 0 aromatic heterocycles. The Labute approximate surface area is 109 Å². The van der Waals surface area contributed by atoms with Gasteiger partial charge in [0.2, 0.25) is 5.70 Å². The van der Waals surface area contributed by atoms with Crippen LogP contribution in [-0.4, -0.2) is 22.2 Å². The molecule has 0 atom stereocenters. The molecule has 0 spiro atoms. The molecule has 0 radical (unpaired) electrons. The molecule has 6 heteroatoms. The van der Waals surface area contributed by atoms with Crippen LogP contribution in [0.1, 0.15) is 18.4 Å². The number of nitrogens with zero attached hydrogens (tertiary/aromatic N) is 2. The molecule has 2 rings (SSSR count). The van der Waals surface area contributed by atoms with Crippen LogP contribution in [0.5, 0.6) is 0 Å². The Morgan fingerprint density at radius 1 is 1.26 bits per heavy atom. The van der Waals surface area contributed by atoms with E-state index >= 15 is 0 Å². The third kappa shape index (κ3) is 3.87. The summed E-state index contributed by atoms with van der Waals surface area (Å²) in [6.07, 6.45) is 1.77. The lowest BCUT2D eigenvalue weighted by Crippen LogP contribution is -2.04. The Morgan fingerprint density at radius 2 is 1.89 bits per heavy atom. The first-order valence-electron chi connectivity index (χ1n) is 5.87. The average Bonchev–Trinajstić information content (AvgIpc) is 3.16. The van der Waals surface area contributed by atoms with Crippen LogP contribution >= 0.6 is 0 Å². The molecular formula is C13H13FN2O3. The first-order chi connectivity index (χ1) is 9.06. The van der Waals surface area contributed by atoms with Crippen molar-refractivity contribution in [2.24, 2.45) is 10.2 Å². The molecule has 0 aliphatic heterocycles. The minimum atomic E-state index is -1.33. The smallest absolute Gasteiger partial charge is 0.359 e. The van der Waals surface area contributed by atoms with E-state index in [4.69, 9.17) is 5.11 Å². The Kier molecular flexibility index (Phi) is 3.89. The number of carbonyl (C=O) groups is 1. The van der Waals surface area contributed by atoms with Crippen molar-refractivity contribution in [3.8, 4) is 0 Å². The highest BCUT2D eigenvalue weighted by molar-refractivity contribution is 5.86. The minimum absolute atomic E-state index is 0.0222. The number of azo groups is 1. The van der Waals surface area contributed by atoms with Gasteiger partial charge in [-0.05, 0) is 30.5 Å². The summed E-state index contributed by atoms with van der Waals surface area (Å²) in [6.45, 7) is 0. The highest BCUT2D eigenvalue weighted by atomic mass is 19.1. The predicted octanol–water partition coefficient (Wildman–Crippen LogP) is 2.84. The molecule has 1 aromatic rings. The van der Waals surface area contributed by atoms with Gasteiger partial charge in [-0.3, -0.25) is 0 Å². The van der Waals surface area contributed by atoms with Crippen LogP contribution in [0, 0.1) is 5.82 Å². The molecule has 1 saturated carbocycles. The van der Waals surface area contributed by atoms with Crippen LogP contribution in [0.2, 0.25) is 0 Å². The van der Waals surface area contributed by atoms with Crippen molar-refractivity contribution in [1.82, 2.24) is 0 Å². The lowest BCUT2D eigenvalue weighted by molar-refractivity contribution is -0.133. The van der Waals surface area contributed by atoms with Crippen LogP contribution in [0.3, 0.4) is 0 Å². The normalized spacial score (nSPS) is 16.5. The molecule has 1 aliphatic carbocycles. The summed E-state index contributed by atoms with van der Waals surface area (Å²) in [7, 11) is 0. The van der Waals surface area contributed by atoms with Gasteiger partial charge in [-0.25, -0.2) is 9.18 Å². The lowest BCUT2D eigenvalue weighted by Gasteiger charge is -2.03. The summed E-state index contributed by atoms with van der Waals surface area (Å²) in [5.41, 5.74) is 0.135. The second-order valence-corrected chi connectivity index (χ2v) is 4.35. The molecule has 0 amide bonds. The van der Waals surface area contributed by atoms with Crippen LogP contribution in [0.15, 0.2) is 46.0 Å². The van der Waals surface area contributed by atoms with E-state index in [0.29, 0.717) is 5.56 Å². The molecule has 2 N–H and O–H groups in total. The standard InChI is InChI=1S/C13H13FN2O3/c14-9-3-1-8(2-4-9)7-11(17)12(13(18)19)16-15-10-5-6-10/h1-4,10,17H,5-7H2,(H,18,19)/b12-11+,16-15?. The van der Waals surface area contributed by atoms with E-state index in [2.05, 4.69) is 10.2 Å².